The standard InChI is InChI=1S/C16H18N2O.ClH/c1-12-5-4-8-18(10-12)11-16(19)17-15-7-6-13(2)14(3)9-15;/h4-10H,11H2,1-3H3;1H. The Morgan fingerprint density at radius 2 is 1.90 bits per heavy atom. The smallest absolute Gasteiger partial charge is 0.290 e. The summed E-state index contributed by atoms with van der Waals surface area (Å²) in [4.78, 5) is 12.0. The summed E-state index contributed by atoms with van der Waals surface area (Å²) >= 11 is 0. The van der Waals surface area contributed by atoms with Gasteiger partial charge in [0.15, 0.2) is 12.4 Å². The van der Waals surface area contributed by atoms with E-state index in [4.69, 9.17) is 0 Å². The molecule has 0 radical (unpaired) electrons. The zero-order valence-corrected chi connectivity index (χ0v) is 12.7. The number of halogens is 1. The van der Waals surface area contributed by atoms with Crippen molar-refractivity contribution in [3.63, 3.8) is 0 Å². The van der Waals surface area contributed by atoms with Crippen molar-refractivity contribution in [1.29, 1.82) is 0 Å². The predicted molar refractivity (Wildman–Crippen MR) is 75.9 cm³/mol. The van der Waals surface area contributed by atoms with Crippen molar-refractivity contribution in [1.82, 2.24) is 0 Å². The molecule has 2 aromatic rings. The lowest BCUT2D eigenvalue weighted by Gasteiger charge is -2.06. The van der Waals surface area contributed by atoms with Crippen molar-refractivity contribution in [3.8, 4) is 0 Å². The van der Waals surface area contributed by atoms with Crippen LogP contribution in [-0.4, -0.2) is 5.91 Å². The van der Waals surface area contributed by atoms with Crippen LogP contribution in [0.4, 0.5) is 5.69 Å². The van der Waals surface area contributed by atoms with Gasteiger partial charge in [-0.05, 0) is 50.1 Å². The highest BCUT2D eigenvalue weighted by Crippen LogP contribution is 2.13. The second kappa shape index (κ2) is 7.06. The van der Waals surface area contributed by atoms with Crippen LogP contribution in [-0.2, 0) is 11.3 Å². The number of aromatic nitrogens is 1. The summed E-state index contributed by atoms with van der Waals surface area (Å²) in [6.45, 7) is 6.44. The van der Waals surface area contributed by atoms with Gasteiger partial charge in [0.2, 0.25) is 6.54 Å². The summed E-state index contributed by atoms with van der Waals surface area (Å²) in [5.74, 6) is -0.0150. The van der Waals surface area contributed by atoms with Gasteiger partial charge in [-0.25, -0.2) is 0 Å². The fraction of sp³-hybridized carbons (Fsp3) is 0.250. The van der Waals surface area contributed by atoms with E-state index in [0.717, 1.165) is 11.3 Å². The first-order valence-electron chi connectivity index (χ1n) is 6.37. The third-order valence-corrected chi connectivity index (χ3v) is 3.12. The summed E-state index contributed by atoms with van der Waals surface area (Å²) < 4.78 is 1.88. The van der Waals surface area contributed by atoms with Gasteiger partial charge in [0.25, 0.3) is 5.91 Å². The molecular weight excluding hydrogens is 272 g/mol. The van der Waals surface area contributed by atoms with Gasteiger partial charge >= 0.3 is 0 Å². The number of amides is 1. The number of carbonyl (C=O) groups is 1. The maximum atomic E-state index is 12.0. The summed E-state index contributed by atoms with van der Waals surface area (Å²) in [7, 11) is 0. The van der Waals surface area contributed by atoms with Gasteiger partial charge in [-0.2, -0.15) is 4.57 Å². The van der Waals surface area contributed by atoms with Crippen molar-refractivity contribution in [3.05, 3.63) is 59.4 Å². The molecule has 2 rings (SSSR count). The minimum absolute atomic E-state index is 0. The second-order valence-corrected chi connectivity index (χ2v) is 4.90. The van der Waals surface area contributed by atoms with Crippen LogP contribution in [0.25, 0.3) is 0 Å². The number of nitrogens with one attached hydrogen (secondary N) is 1. The number of nitrogens with zero attached hydrogens (tertiary/aromatic N) is 1. The zero-order valence-electron chi connectivity index (χ0n) is 12.0. The van der Waals surface area contributed by atoms with E-state index in [1.807, 2.05) is 61.1 Å². The summed E-state index contributed by atoms with van der Waals surface area (Å²) in [5, 5.41) is 2.92. The van der Waals surface area contributed by atoms with Gasteiger partial charge in [-0.3, -0.25) is 4.79 Å². The Morgan fingerprint density at radius 3 is 2.55 bits per heavy atom. The molecule has 1 amide bonds. The van der Waals surface area contributed by atoms with Crippen LogP contribution >= 0.6 is 0 Å². The molecule has 3 nitrogen and oxygen atoms in total. The first kappa shape index (κ1) is 16.2. The highest BCUT2D eigenvalue weighted by Gasteiger charge is 2.09. The van der Waals surface area contributed by atoms with Gasteiger partial charge in [0, 0.05) is 17.3 Å². The van der Waals surface area contributed by atoms with Gasteiger partial charge in [-0.15, -0.1) is 0 Å². The van der Waals surface area contributed by atoms with E-state index in [1.54, 1.807) is 0 Å². The molecule has 0 unspecified atom stereocenters. The minimum Gasteiger partial charge on any atom is -1.00 e. The van der Waals surface area contributed by atoms with E-state index >= 15 is 0 Å². The number of anilines is 1. The fourth-order valence-electron chi connectivity index (χ4n) is 1.94. The molecule has 0 aliphatic carbocycles. The lowest BCUT2D eigenvalue weighted by molar-refractivity contribution is -0.684. The molecular formula is C16H19ClN2O. The molecule has 0 spiro atoms. The van der Waals surface area contributed by atoms with Crippen LogP contribution in [0.2, 0.25) is 0 Å². The third-order valence-electron chi connectivity index (χ3n) is 3.12. The van der Waals surface area contributed by atoms with E-state index < -0.39 is 0 Å². The number of carbonyl (C=O) groups excluding carboxylic acids is 1. The van der Waals surface area contributed by atoms with E-state index in [1.165, 1.54) is 11.1 Å². The maximum Gasteiger partial charge on any atom is 0.290 e. The van der Waals surface area contributed by atoms with Crippen molar-refractivity contribution >= 4 is 11.6 Å². The van der Waals surface area contributed by atoms with E-state index in [2.05, 4.69) is 12.2 Å². The van der Waals surface area contributed by atoms with Crippen LogP contribution in [0.3, 0.4) is 0 Å². The number of hydrogen-bond acceptors (Lipinski definition) is 1. The first-order valence-corrected chi connectivity index (χ1v) is 6.37. The Bertz CT molecular complexity index is 611. The van der Waals surface area contributed by atoms with Crippen LogP contribution in [0.15, 0.2) is 42.7 Å². The highest BCUT2D eigenvalue weighted by molar-refractivity contribution is 5.89. The average Bonchev–Trinajstić information content (AvgIpc) is 2.34. The molecule has 0 aliphatic rings. The van der Waals surface area contributed by atoms with Crippen LogP contribution < -0.4 is 22.3 Å². The monoisotopic (exact) mass is 290 g/mol. The Kier molecular flexibility index (Phi) is 5.71. The number of benzene rings is 1. The molecule has 1 N–H and O–H groups in total. The summed E-state index contributed by atoms with van der Waals surface area (Å²) in [6.07, 6.45) is 3.85. The Labute approximate surface area is 126 Å². The Balaban J connectivity index is 0.00000200. The molecule has 1 heterocycles. The molecule has 20 heavy (non-hydrogen) atoms. The summed E-state index contributed by atoms with van der Waals surface area (Å²) in [6, 6.07) is 9.90. The van der Waals surface area contributed by atoms with Crippen molar-refractivity contribution in [2.75, 3.05) is 5.32 Å². The largest absolute Gasteiger partial charge is 1.00 e. The van der Waals surface area contributed by atoms with Crippen molar-refractivity contribution < 1.29 is 21.8 Å². The lowest BCUT2D eigenvalue weighted by Crippen LogP contribution is -3.00. The molecule has 0 saturated carbocycles. The van der Waals surface area contributed by atoms with E-state index in [9.17, 15) is 4.79 Å². The molecule has 106 valence electrons. The topological polar surface area (TPSA) is 33.0 Å². The van der Waals surface area contributed by atoms with Crippen molar-refractivity contribution in [2.45, 2.75) is 27.3 Å². The average molecular weight is 291 g/mol. The minimum atomic E-state index is -0.0150. The third kappa shape index (κ3) is 4.35. The van der Waals surface area contributed by atoms with Crippen LogP contribution in [0, 0.1) is 20.8 Å². The molecule has 0 atom stereocenters. The molecule has 0 bridgehead atoms. The quantitative estimate of drug-likeness (QED) is 0.763. The van der Waals surface area contributed by atoms with Crippen LogP contribution in [0.5, 0.6) is 0 Å². The van der Waals surface area contributed by atoms with E-state index in [0.29, 0.717) is 6.54 Å². The summed E-state index contributed by atoms with van der Waals surface area (Å²) in [5.41, 5.74) is 4.40. The number of aryl methyl sites for hydroxylation is 3. The lowest BCUT2D eigenvalue weighted by atomic mass is 10.1. The van der Waals surface area contributed by atoms with Crippen molar-refractivity contribution in [2.24, 2.45) is 0 Å². The SMILES string of the molecule is Cc1ccc[n+](CC(=O)Nc2ccc(C)c(C)c2)c1.[Cl-]. The maximum absolute atomic E-state index is 12.0. The first-order chi connectivity index (χ1) is 9.04. The predicted octanol–water partition coefficient (Wildman–Crippen LogP) is -0.458. The Morgan fingerprint density at radius 1 is 1.15 bits per heavy atom. The highest BCUT2D eigenvalue weighted by atomic mass is 35.5. The van der Waals surface area contributed by atoms with Gasteiger partial charge in [-0.1, -0.05) is 6.07 Å². The number of hydrogen-bond donors (Lipinski definition) is 1. The molecule has 0 saturated heterocycles. The number of rotatable bonds is 3. The number of pyridine rings is 1. The van der Waals surface area contributed by atoms with Gasteiger partial charge in [0.05, 0.1) is 0 Å². The molecule has 0 aliphatic heterocycles. The molecule has 0 fully saturated rings. The zero-order chi connectivity index (χ0) is 13.8. The molecule has 1 aromatic carbocycles. The normalized spacial score (nSPS) is 9.75. The fourth-order valence-corrected chi connectivity index (χ4v) is 1.94. The Hall–Kier alpha value is -1.87. The van der Waals surface area contributed by atoms with Gasteiger partial charge < -0.3 is 17.7 Å². The molecule has 4 heteroatoms. The van der Waals surface area contributed by atoms with E-state index in [-0.39, 0.29) is 18.3 Å². The van der Waals surface area contributed by atoms with Crippen LogP contribution in [0.1, 0.15) is 16.7 Å². The molecule has 1 aromatic heterocycles. The van der Waals surface area contributed by atoms with Gasteiger partial charge in [0.1, 0.15) is 0 Å². The second-order valence-electron chi connectivity index (χ2n) is 4.90.